The van der Waals surface area contributed by atoms with Crippen LogP contribution in [0.25, 0.3) is 22.6 Å². The highest BCUT2D eigenvalue weighted by Gasteiger charge is 2.30. The average molecular weight is 526 g/mol. The SMILES string of the molecule is CC.CCOC(=O)C(Cc1ccccc1)c1nc(-c2ccc(F)cc2)c(-c2ccc(S(C)=O)cc2)o1.O. The van der Waals surface area contributed by atoms with Gasteiger partial charge in [0.15, 0.2) is 5.76 Å². The summed E-state index contributed by atoms with van der Waals surface area (Å²) >= 11 is 0. The van der Waals surface area contributed by atoms with Crippen molar-refractivity contribution in [2.45, 2.75) is 38.0 Å². The predicted molar refractivity (Wildman–Crippen MR) is 144 cm³/mol. The summed E-state index contributed by atoms with van der Waals surface area (Å²) in [7, 11) is -1.12. The Morgan fingerprint density at radius 2 is 1.57 bits per heavy atom. The summed E-state index contributed by atoms with van der Waals surface area (Å²) in [5, 5.41) is 0. The third-order valence-corrected chi connectivity index (χ3v) is 6.30. The Kier molecular flexibility index (Phi) is 11.4. The molecule has 3 aromatic carbocycles. The summed E-state index contributed by atoms with van der Waals surface area (Å²) in [4.78, 5) is 18.3. The van der Waals surface area contributed by atoms with Gasteiger partial charge in [-0.1, -0.05) is 44.2 Å². The van der Waals surface area contributed by atoms with E-state index in [-0.39, 0.29) is 23.8 Å². The number of oxazole rings is 1. The van der Waals surface area contributed by atoms with Crippen molar-refractivity contribution in [1.29, 1.82) is 0 Å². The Bertz CT molecular complexity index is 1290. The Morgan fingerprint density at radius 3 is 2.14 bits per heavy atom. The van der Waals surface area contributed by atoms with Crippen LogP contribution in [0.4, 0.5) is 4.39 Å². The molecular weight excluding hydrogens is 493 g/mol. The van der Waals surface area contributed by atoms with Crippen LogP contribution in [0.2, 0.25) is 0 Å². The maximum Gasteiger partial charge on any atom is 0.318 e. The van der Waals surface area contributed by atoms with Gasteiger partial charge in [-0.2, -0.15) is 0 Å². The smallest absolute Gasteiger partial charge is 0.318 e. The zero-order valence-electron chi connectivity index (χ0n) is 21.4. The summed E-state index contributed by atoms with van der Waals surface area (Å²) in [5.74, 6) is -0.881. The number of aromatic nitrogens is 1. The highest BCUT2D eigenvalue weighted by atomic mass is 32.2. The average Bonchev–Trinajstić information content (AvgIpc) is 3.35. The van der Waals surface area contributed by atoms with Crippen LogP contribution in [0.15, 0.2) is 88.2 Å². The monoisotopic (exact) mass is 525 g/mol. The fourth-order valence-electron chi connectivity index (χ4n) is 3.65. The molecule has 1 aromatic heterocycles. The number of nitrogens with zero attached hydrogens (tertiary/aromatic N) is 1. The van der Waals surface area contributed by atoms with Crippen molar-refractivity contribution < 1.29 is 28.0 Å². The number of esters is 1. The molecule has 1 heterocycles. The van der Waals surface area contributed by atoms with E-state index in [1.165, 1.54) is 12.1 Å². The highest BCUT2D eigenvalue weighted by molar-refractivity contribution is 7.84. The Labute approximate surface area is 219 Å². The van der Waals surface area contributed by atoms with E-state index in [0.29, 0.717) is 33.9 Å². The fourth-order valence-corrected chi connectivity index (χ4v) is 4.17. The maximum absolute atomic E-state index is 13.6. The van der Waals surface area contributed by atoms with E-state index in [1.54, 1.807) is 49.6 Å². The molecule has 4 aromatic rings. The molecule has 0 radical (unpaired) electrons. The van der Waals surface area contributed by atoms with Crippen molar-refractivity contribution in [3.63, 3.8) is 0 Å². The van der Waals surface area contributed by atoms with E-state index in [0.717, 1.165) is 5.56 Å². The van der Waals surface area contributed by atoms with Crippen LogP contribution in [-0.2, 0) is 26.8 Å². The first-order valence-electron chi connectivity index (χ1n) is 11.9. The van der Waals surface area contributed by atoms with Crippen molar-refractivity contribution in [2.24, 2.45) is 0 Å². The van der Waals surface area contributed by atoms with Crippen molar-refractivity contribution >= 4 is 16.8 Å². The zero-order valence-corrected chi connectivity index (χ0v) is 22.2. The van der Waals surface area contributed by atoms with Gasteiger partial charge in [-0.3, -0.25) is 9.00 Å². The maximum atomic E-state index is 13.6. The minimum Gasteiger partial charge on any atom is -0.465 e. The predicted octanol–water partition coefficient (Wildman–Crippen LogP) is 5.98. The molecule has 37 heavy (non-hydrogen) atoms. The van der Waals surface area contributed by atoms with Crippen LogP contribution in [0.1, 0.15) is 38.1 Å². The minimum atomic E-state index is -1.12. The zero-order chi connectivity index (χ0) is 26.1. The number of hydrogen-bond acceptors (Lipinski definition) is 5. The molecule has 0 aliphatic carbocycles. The Balaban J connectivity index is 0.00000157. The number of rotatable bonds is 8. The number of benzene rings is 3. The second-order valence-corrected chi connectivity index (χ2v) is 9.09. The topological polar surface area (TPSA) is 101 Å². The summed E-state index contributed by atoms with van der Waals surface area (Å²) in [6.45, 7) is 5.99. The van der Waals surface area contributed by atoms with Crippen LogP contribution in [0.5, 0.6) is 0 Å². The molecule has 196 valence electrons. The summed E-state index contributed by atoms with van der Waals surface area (Å²) in [6.07, 6.45) is 1.97. The van der Waals surface area contributed by atoms with E-state index in [4.69, 9.17) is 14.1 Å². The lowest BCUT2D eigenvalue weighted by Crippen LogP contribution is -2.18. The lowest BCUT2D eigenvalue weighted by molar-refractivity contribution is -0.145. The van der Waals surface area contributed by atoms with Gasteiger partial charge in [0.25, 0.3) is 0 Å². The number of halogens is 1. The molecular formula is C29H32FNO5S. The minimum absolute atomic E-state index is 0. The van der Waals surface area contributed by atoms with Gasteiger partial charge in [0.2, 0.25) is 5.89 Å². The van der Waals surface area contributed by atoms with Gasteiger partial charge >= 0.3 is 5.97 Å². The first-order valence-corrected chi connectivity index (χ1v) is 13.4. The summed E-state index contributed by atoms with van der Waals surface area (Å²) < 4.78 is 36.9. The molecule has 2 unspecified atom stereocenters. The molecule has 0 aliphatic rings. The molecule has 0 amide bonds. The summed E-state index contributed by atoms with van der Waals surface area (Å²) in [6, 6.07) is 22.6. The molecule has 0 bridgehead atoms. The standard InChI is InChI=1S/C27H24FNO4S.C2H6.H2O/c1-3-32-27(30)23(17-18-7-5-4-6-8-18)26-29-24(19-9-13-21(28)14-10-19)25(33-26)20-11-15-22(16-12-20)34(2)31;1-2;/h4-16,23H,3,17H2,1-2H3;1-2H3;1H2. The second kappa shape index (κ2) is 14.2. The highest BCUT2D eigenvalue weighted by Crippen LogP contribution is 2.36. The first kappa shape index (κ1) is 29.6. The van der Waals surface area contributed by atoms with Crippen LogP contribution in [0, 0.1) is 5.82 Å². The molecule has 0 saturated heterocycles. The molecule has 0 saturated carbocycles. The van der Waals surface area contributed by atoms with Gasteiger partial charge in [0.1, 0.15) is 17.4 Å². The lowest BCUT2D eigenvalue weighted by Gasteiger charge is -2.12. The van der Waals surface area contributed by atoms with Gasteiger partial charge in [0, 0.05) is 33.1 Å². The van der Waals surface area contributed by atoms with Crippen molar-refractivity contribution in [3.05, 3.63) is 96.1 Å². The van der Waals surface area contributed by atoms with Gasteiger partial charge in [-0.25, -0.2) is 9.37 Å². The third-order valence-electron chi connectivity index (χ3n) is 5.36. The van der Waals surface area contributed by atoms with E-state index in [9.17, 15) is 13.4 Å². The number of hydrogen-bond donors (Lipinski definition) is 0. The van der Waals surface area contributed by atoms with Crippen LogP contribution in [0.3, 0.4) is 0 Å². The number of carbonyl (C=O) groups excluding carboxylic acids is 1. The lowest BCUT2D eigenvalue weighted by atomic mass is 9.99. The molecule has 0 fully saturated rings. The second-order valence-electron chi connectivity index (χ2n) is 7.71. The molecule has 0 aliphatic heterocycles. The van der Waals surface area contributed by atoms with E-state index >= 15 is 0 Å². The van der Waals surface area contributed by atoms with Gasteiger partial charge in [-0.15, -0.1) is 0 Å². The Hall–Kier alpha value is -3.62. The quantitative estimate of drug-likeness (QED) is 0.264. The van der Waals surface area contributed by atoms with Crippen molar-refractivity contribution in [3.8, 4) is 22.6 Å². The molecule has 8 heteroatoms. The molecule has 4 rings (SSSR count). The third kappa shape index (κ3) is 7.44. The number of ether oxygens (including phenoxy) is 1. The normalized spacial score (nSPS) is 11.9. The van der Waals surface area contributed by atoms with Gasteiger partial charge < -0.3 is 14.6 Å². The van der Waals surface area contributed by atoms with Crippen LogP contribution < -0.4 is 0 Å². The van der Waals surface area contributed by atoms with Gasteiger partial charge in [0.05, 0.1) is 6.61 Å². The molecule has 0 spiro atoms. The van der Waals surface area contributed by atoms with Crippen molar-refractivity contribution in [2.75, 3.05) is 12.9 Å². The van der Waals surface area contributed by atoms with Crippen molar-refractivity contribution in [1.82, 2.24) is 4.98 Å². The van der Waals surface area contributed by atoms with Crippen LogP contribution in [-0.4, -0.2) is 33.5 Å². The van der Waals surface area contributed by atoms with Gasteiger partial charge in [-0.05, 0) is 67.4 Å². The fraction of sp³-hybridized carbons (Fsp3) is 0.241. The molecule has 2 N–H and O–H groups in total. The Morgan fingerprint density at radius 1 is 0.973 bits per heavy atom. The van der Waals surface area contributed by atoms with E-state index in [1.807, 2.05) is 44.2 Å². The largest absolute Gasteiger partial charge is 0.465 e. The molecule has 6 nitrogen and oxygen atoms in total. The summed E-state index contributed by atoms with van der Waals surface area (Å²) in [5.41, 5.74) is 2.78. The first-order chi connectivity index (χ1) is 17.5. The molecule has 2 atom stereocenters. The van der Waals surface area contributed by atoms with Crippen LogP contribution >= 0.6 is 0 Å². The van der Waals surface area contributed by atoms with E-state index < -0.39 is 22.7 Å². The number of carbonyl (C=O) groups is 1. The van der Waals surface area contributed by atoms with E-state index in [2.05, 4.69) is 0 Å².